The Balaban J connectivity index is 1.80. The lowest BCUT2D eigenvalue weighted by molar-refractivity contribution is -0.196. The molecule has 0 radical (unpaired) electrons. The molecule has 138 valence electrons. The fourth-order valence-electron chi connectivity index (χ4n) is 2.90. The van der Waals surface area contributed by atoms with E-state index in [4.69, 9.17) is 0 Å². The Morgan fingerprint density at radius 1 is 1.07 bits per heavy atom. The number of rotatable bonds is 2. The molecule has 9 heteroatoms. The summed E-state index contributed by atoms with van der Waals surface area (Å²) in [6.07, 6.45) is -4.80. The third-order valence-electron chi connectivity index (χ3n) is 4.20. The normalized spacial score (nSPS) is 22.1. The van der Waals surface area contributed by atoms with Gasteiger partial charge in [0.15, 0.2) is 5.17 Å². The molecule has 2 heterocycles. The van der Waals surface area contributed by atoms with E-state index in [-0.39, 0.29) is 10.7 Å². The number of aliphatic imine (C=N–C) groups is 1. The van der Waals surface area contributed by atoms with Crippen LogP contribution in [0.1, 0.15) is 11.1 Å². The maximum absolute atomic E-state index is 14.0. The summed E-state index contributed by atoms with van der Waals surface area (Å²) in [5.74, 6) is 0. The molecule has 2 aromatic rings. The first-order valence-corrected chi connectivity index (χ1v) is 9.46. The van der Waals surface area contributed by atoms with Crippen LogP contribution in [0.5, 0.6) is 0 Å². The molecule has 0 saturated heterocycles. The monoisotopic (exact) mass is 453 g/mol. The first-order valence-electron chi connectivity index (χ1n) is 7.79. The van der Waals surface area contributed by atoms with Gasteiger partial charge in [0.05, 0.1) is 5.70 Å². The second kappa shape index (κ2) is 6.42. The van der Waals surface area contributed by atoms with Crippen molar-refractivity contribution in [2.24, 2.45) is 4.99 Å². The van der Waals surface area contributed by atoms with E-state index in [0.29, 0.717) is 11.3 Å². The molecule has 0 aliphatic carbocycles. The van der Waals surface area contributed by atoms with Crippen molar-refractivity contribution in [3.63, 3.8) is 0 Å². The standard InChI is InChI=1S/C18H11BrF3N3OS/c19-13-8-6-11(7-9-13)14-10-27-16-24-17(18(20,21)22,23-15(26)25(14)16)12-4-2-1-3-5-12/h1-10H,(H,23,26). The number of thioether (sulfide) groups is 1. The van der Waals surface area contributed by atoms with Crippen LogP contribution in [-0.2, 0) is 5.66 Å². The topological polar surface area (TPSA) is 44.7 Å². The highest BCUT2D eigenvalue weighted by molar-refractivity contribution is 9.10. The summed E-state index contributed by atoms with van der Waals surface area (Å²) in [6, 6.07) is 13.4. The van der Waals surface area contributed by atoms with Gasteiger partial charge in [-0.1, -0.05) is 70.2 Å². The maximum Gasteiger partial charge on any atom is 0.436 e. The molecule has 0 fully saturated rings. The summed E-state index contributed by atoms with van der Waals surface area (Å²) in [5.41, 5.74) is -1.78. The number of nitrogens with one attached hydrogen (secondary N) is 1. The fourth-order valence-corrected chi connectivity index (χ4v) is 4.10. The van der Waals surface area contributed by atoms with Crippen molar-refractivity contribution in [1.82, 2.24) is 10.2 Å². The minimum Gasteiger partial charge on any atom is -0.301 e. The van der Waals surface area contributed by atoms with Crippen LogP contribution in [0.25, 0.3) is 5.70 Å². The quantitative estimate of drug-likeness (QED) is 0.671. The number of benzene rings is 2. The number of amidine groups is 1. The molecule has 0 bridgehead atoms. The first-order chi connectivity index (χ1) is 12.8. The average Bonchev–Trinajstić information content (AvgIpc) is 3.06. The first kappa shape index (κ1) is 18.1. The van der Waals surface area contributed by atoms with Crippen LogP contribution in [0, 0.1) is 0 Å². The molecule has 1 unspecified atom stereocenters. The van der Waals surface area contributed by atoms with Gasteiger partial charge in [-0.3, -0.25) is 0 Å². The third kappa shape index (κ3) is 2.94. The van der Waals surface area contributed by atoms with E-state index >= 15 is 0 Å². The number of urea groups is 1. The molecule has 0 aromatic heterocycles. The van der Waals surface area contributed by atoms with Crippen molar-refractivity contribution < 1.29 is 18.0 Å². The molecule has 2 aliphatic heterocycles. The zero-order chi connectivity index (χ0) is 19.2. The molecular weight excluding hydrogens is 443 g/mol. The van der Waals surface area contributed by atoms with Gasteiger partial charge < -0.3 is 5.32 Å². The van der Waals surface area contributed by atoms with Crippen LogP contribution in [-0.4, -0.2) is 22.3 Å². The smallest absolute Gasteiger partial charge is 0.301 e. The summed E-state index contributed by atoms with van der Waals surface area (Å²) in [7, 11) is 0. The second-order valence-electron chi connectivity index (χ2n) is 5.86. The van der Waals surface area contributed by atoms with Crippen molar-refractivity contribution in [3.8, 4) is 0 Å². The van der Waals surface area contributed by atoms with Gasteiger partial charge in [0.2, 0.25) is 0 Å². The Bertz CT molecular complexity index is 960. The van der Waals surface area contributed by atoms with E-state index in [2.05, 4.69) is 26.2 Å². The van der Waals surface area contributed by atoms with Crippen molar-refractivity contribution in [3.05, 3.63) is 75.6 Å². The Kier molecular flexibility index (Phi) is 4.31. The molecule has 2 aromatic carbocycles. The molecule has 1 N–H and O–H groups in total. The number of alkyl halides is 3. The lowest BCUT2D eigenvalue weighted by atomic mass is 9.98. The number of hydrogen-bond acceptors (Lipinski definition) is 3. The number of carbonyl (C=O) groups excluding carboxylic acids is 1. The summed E-state index contributed by atoms with van der Waals surface area (Å²) < 4.78 is 42.9. The molecule has 1 atom stereocenters. The lowest BCUT2D eigenvalue weighted by Crippen LogP contribution is -2.61. The van der Waals surface area contributed by atoms with E-state index in [9.17, 15) is 18.0 Å². The van der Waals surface area contributed by atoms with E-state index < -0.39 is 17.9 Å². The number of hydrogen-bond donors (Lipinski definition) is 1. The van der Waals surface area contributed by atoms with Crippen molar-refractivity contribution >= 4 is 44.6 Å². The van der Waals surface area contributed by atoms with Crippen molar-refractivity contribution in [1.29, 1.82) is 0 Å². The van der Waals surface area contributed by atoms with E-state index in [0.717, 1.165) is 16.2 Å². The molecule has 27 heavy (non-hydrogen) atoms. The van der Waals surface area contributed by atoms with Gasteiger partial charge in [0, 0.05) is 15.4 Å². The average molecular weight is 454 g/mol. The molecule has 4 nitrogen and oxygen atoms in total. The highest BCUT2D eigenvalue weighted by atomic mass is 79.9. The maximum atomic E-state index is 14.0. The summed E-state index contributed by atoms with van der Waals surface area (Å²) >= 11 is 4.32. The van der Waals surface area contributed by atoms with Gasteiger partial charge in [-0.15, -0.1) is 0 Å². The molecule has 0 saturated carbocycles. The van der Waals surface area contributed by atoms with Crippen LogP contribution < -0.4 is 5.32 Å². The largest absolute Gasteiger partial charge is 0.436 e. The van der Waals surface area contributed by atoms with Crippen LogP contribution in [0.4, 0.5) is 18.0 Å². The second-order valence-corrected chi connectivity index (χ2v) is 7.61. The van der Waals surface area contributed by atoms with Crippen LogP contribution in [0.2, 0.25) is 0 Å². The summed E-state index contributed by atoms with van der Waals surface area (Å²) in [4.78, 5) is 17.8. The lowest BCUT2D eigenvalue weighted by Gasteiger charge is -2.39. The summed E-state index contributed by atoms with van der Waals surface area (Å²) in [5, 5.41) is 3.69. The number of carbonyl (C=O) groups is 1. The minimum atomic E-state index is -4.80. The zero-order valence-electron chi connectivity index (χ0n) is 13.5. The molecule has 2 amide bonds. The van der Waals surface area contributed by atoms with Gasteiger partial charge in [-0.2, -0.15) is 13.2 Å². The van der Waals surface area contributed by atoms with E-state index in [1.54, 1.807) is 35.7 Å². The molecule has 4 rings (SSSR count). The van der Waals surface area contributed by atoms with Gasteiger partial charge in [-0.25, -0.2) is 14.7 Å². The Morgan fingerprint density at radius 2 is 1.74 bits per heavy atom. The highest BCUT2D eigenvalue weighted by Crippen LogP contribution is 2.46. The third-order valence-corrected chi connectivity index (χ3v) is 5.56. The zero-order valence-corrected chi connectivity index (χ0v) is 15.9. The predicted molar refractivity (Wildman–Crippen MR) is 102 cm³/mol. The molecule has 0 spiro atoms. The van der Waals surface area contributed by atoms with Crippen LogP contribution in [0.3, 0.4) is 0 Å². The fraction of sp³-hybridized carbons (Fsp3) is 0.111. The molecule has 2 aliphatic rings. The van der Waals surface area contributed by atoms with Gasteiger partial charge in [-0.05, 0) is 17.7 Å². The van der Waals surface area contributed by atoms with E-state index in [1.165, 1.54) is 29.2 Å². The van der Waals surface area contributed by atoms with Crippen molar-refractivity contribution in [2.45, 2.75) is 11.8 Å². The summed E-state index contributed by atoms with van der Waals surface area (Å²) in [6.45, 7) is 0. The van der Waals surface area contributed by atoms with Crippen LogP contribution >= 0.6 is 27.7 Å². The Labute approximate surface area is 165 Å². The predicted octanol–water partition coefficient (Wildman–Crippen LogP) is 5.29. The number of fused-ring (bicyclic) bond motifs is 1. The number of amides is 2. The Morgan fingerprint density at radius 3 is 2.37 bits per heavy atom. The SMILES string of the molecule is O=C1NC(c2ccccc2)(C(F)(F)F)N=C2SC=C(c3ccc(Br)cc3)N12. The molecular formula is C18H11BrF3N3OS. The number of halogens is 4. The number of nitrogens with zero attached hydrogens (tertiary/aromatic N) is 2. The van der Waals surface area contributed by atoms with Crippen LogP contribution in [0.15, 0.2) is 69.5 Å². The highest BCUT2D eigenvalue weighted by Gasteiger charge is 2.61. The Hall–Kier alpha value is -2.26. The van der Waals surface area contributed by atoms with Crippen molar-refractivity contribution in [2.75, 3.05) is 0 Å². The van der Waals surface area contributed by atoms with E-state index in [1.807, 2.05) is 0 Å². The van der Waals surface area contributed by atoms with Gasteiger partial charge >= 0.3 is 12.2 Å². The minimum absolute atomic E-state index is 0.0159. The van der Waals surface area contributed by atoms with Gasteiger partial charge in [0.1, 0.15) is 0 Å². The van der Waals surface area contributed by atoms with Gasteiger partial charge in [0.25, 0.3) is 5.66 Å².